The number of nitrogens with two attached hydrogens (primary N) is 1. The molecule has 3 rings (SSSR count). The maximum Gasteiger partial charge on any atom is 0.116 e. The molecule has 0 saturated carbocycles. The molecular weight excluding hydrogens is 224 g/mol. The monoisotopic (exact) mass is 240 g/mol. The Hall–Kier alpha value is -1.87. The number of aromatic nitrogens is 1. The van der Waals surface area contributed by atoms with Crippen LogP contribution in [0.5, 0.6) is 5.75 Å². The van der Waals surface area contributed by atoms with Gasteiger partial charge in [0.15, 0.2) is 0 Å². The van der Waals surface area contributed by atoms with Gasteiger partial charge in [0.2, 0.25) is 0 Å². The van der Waals surface area contributed by atoms with Crippen LogP contribution in [0.15, 0.2) is 36.4 Å². The molecule has 1 unspecified atom stereocenters. The van der Waals surface area contributed by atoms with Crippen LogP contribution in [0.25, 0.3) is 11.3 Å². The van der Waals surface area contributed by atoms with E-state index in [1.165, 1.54) is 5.56 Å². The summed E-state index contributed by atoms with van der Waals surface area (Å²) >= 11 is 0. The molecule has 0 spiro atoms. The number of hydrogen-bond acceptors (Lipinski definition) is 3. The third kappa shape index (κ3) is 1.87. The SMILES string of the molecule is NCC1CCc2nc(-c3cccc(O)c3)ccc21. The molecule has 3 N–H and O–H groups in total. The average Bonchev–Trinajstić information content (AvgIpc) is 2.80. The number of hydrogen-bond donors (Lipinski definition) is 2. The number of nitrogens with zero attached hydrogens (tertiary/aromatic N) is 1. The summed E-state index contributed by atoms with van der Waals surface area (Å²) in [6.45, 7) is 0.695. The predicted octanol–water partition coefficient (Wildman–Crippen LogP) is 2.44. The Morgan fingerprint density at radius 2 is 2.17 bits per heavy atom. The van der Waals surface area contributed by atoms with Gasteiger partial charge in [0.1, 0.15) is 5.75 Å². The first-order valence-corrected chi connectivity index (χ1v) is 6.27. The largest absolute Gasteiger partial charge is 0.508 e. The number of phenolic OH excluding ortho intramolecular Hbond substituents is 1. The summed E-state index contributed by atoms with van der Waals surface area (Å²) in [7, 11) is 0. The lowest BCUT2D eigenvalue weighted by Crippen LogP contribution is -2.09. The van der Waals surface area contributed by atoms with Gasteiger partial charge in [0.25, 0.3) is 0 Å². The molecule has 0 radical (unpaired) electrons. The first-order chi connectivity index (χ1) is 8.78. The molecule has 1 aromatic heterocycles. The van der Waals surface area contributed by atoms with Gasteiger partial charge in [-0.15, -0.1) is 0 Å². The minimum Gasteiger partial charge on any atom is -0.508 e. The zero-order chi connectivity index (χ0) is 12.5. The molecule has 18 heavy (non-hydrogen) atoms. The molecule has 1 heterocycles. The van der Waals surface area contributed by atoms with Crippen LogP contribution in [0.2, 0.25) is 0 Å². The molecule has 0 saturated heterocycles. The molecular formula is C15H16N2O. The first kappa shape index (κ1) is 11.2. The minimum absolute atomic E-state index is 0.273. The Morgan fingerprint density at radius 3 is 2.94 bits per heavy atom. The van der Waals surface area contributed by atoms with Crippen molar-refractivity contribution in [1.82, 2.24) is 4.98 Å². The normalized spacial score (nSPS) is 17.7. The number of rotatable bonds is 2. The van der Waals surface area contributed by atoms with Crippen LogP contribution in [0, 0.1) is 0 Å². The van der Waals surface area contributed by atoms with Gasteiger partial charge in [-0.3, -0.25) is 4.98 Å². The van der Waals surface area contributed by atoms with E-state index in [1.807, 2.05) is 18.2 Å². The van der Waals surface area contributed by atoms with E-state index in [9.17, 15) is 5.11 Å². The summed E-state index contributed by atoms with van der Waals surface area (Å²) in [4.78, 5) is 4.70. The van der Waals surface area contributed by atoms with E-state index >= 15 is 0 Å². The van der Waals surface area contributed by atoms with Gasteiger partial charge in [0.05, 0.1) is 5.69 Å². The van der Waals surface area contributed by atoms with E-state index in [2.05, 4.69) is 6.07 Å². The van der Waals surface area contributed by atoms with E-state index in [4.69, 9.17) is 10.7 Å². The molecule has 2 aromatic rings. The second-order valence-corrected chi connectivity index (χ2v) is 4.75. The van der Waals surface area contributed by atoms with Crippen molar-refractivity contribution in [2.75, 3.05) is 6.54 Å². The summed E-state index contributed by atoms with van der Waals surface area (Å²) in [5.74, 6) is 0.736. The summed E-state index contributed by atoms with van der Waals surface area (Å²) < 4.78 is 0. The highest BCUT2D eigenvalue weighted by atomic mass is 16.3. The van der Waals surface area contributed by atoms with E-state index in [1.54, 1.807) is 12.1 Å². The van der Waals surface area contributed by atoms with Gasteiger partial charge in [-0.25, -0.2) is 0 Å². The Kier molecular flexibility index (Phi) is 2.76. The van der Waals surface area contributed by atoms with Crippen LogP contribution in [-0.2, 0) is 6.42 Å². The summed E-state index contributed by atoms with van der Waals surface area (Å²) in [6, 6.07) is 11.4. The van der Waals surface area contributed by atoms with Crippen molar-refractivity contribution in [1.29, 1.82) is 0 Å². The lowest BCUT2D eigenvalue weighted by atomic mass is 10.0. The molecule has 0 aliphatic heterocycles. The van der Waals surface area contributed by atoms with Crippen molar-refractivity contribution >= 4 is 0 Å². The van der Waals surface area contributed by atoms with Crippen molar-refractivity contribution in [3.63, 3.8) is 0 Å². The lowest BCUT2D eigenvalue weighted by molar-refractivity contribution is 0.475. The quantitative estimate of drug-likeness (QED) is 0.847. The Labute approximate surface area is 106 Å². The Bertz CT molecular complexity index is 580. The fourth-order valence-corrected chi connectivity index (χ4v) is 2.62. The van der Waals surface area contributed by atoms with Crippen LogP contribution >= 0.6 is 0 Å². The van der Waals surface area contributed by atoms with Gasteiger partial charge in [-0.2, -0.15) is 0 Å². The van der Waals surface area contributed by atoms with Gasteiger partial charge in [-0.05, 0) is 49.1 Å². The second-order valence-electron chi connectivity index (χ2n) is 4.75. The number of aromatic hydroxyl groups is 1. The van der Waals surface area contributed by atoms with E-state index < -0.39 is 0 Å². The molecule has 1 aliphatic carbocycles. The Morgan fingerprint density at radius 1 is 1.28 bits per heavy atom. The fourth-order valence-electron chi connectivity index (χ4n) is 2.62. The van der Waals surface area contributed by atoms with E-state index in [0.717, 1.165) is 29.8 Å². The number of aryl methyl sites for hydroxylation is 1. The number of pyridine rings is 1. The fraction of sp³-hybridized carbons (Fsp3) is 0.267. The number of benzene rings is 1. The molecule has 92 valence electrons. The summed E-state index contributed by atoms with van der Waals surface area (Å²) in [6.07, 6.45) is 2.10. The van der Waals surface area contributed by atoms with Crippen molar-refractivity contribution in [2.24, 2.45) is 5.73 Å². The highest BCUT2D eigenvalue weighted by Gasteiger charge is 2.22. The van der Waals surface area contributed by atoms with Crippen molar-refractivity contribution in [2.45, 2.75) is 18.8 Å². The zero-order valence-electron chi connectivity index (χ0n) is 10.1. The average molecular weight is 240 g/mol. The topological polar surface area (TPSA) is 59.1 Å². The highest BCUT2D eigenvalue weighted by Crippen LogP contribution is 2.33. The van der Waals surface area contributed by atoms with E-state index in [-0.39, 0.29) is 5.75 Å². The molecule has 3 nitrogen and oxygen atoms in total. The standard InChI is InChI=1S/C15H16N2O/c16-9-11-4-6-15-13(11)5-7-14(17-15)10-2-1-3-12(18)8-10/h1-3,5,7-8,11,18H,4,6,9,16H2. The first-order valence-electron chi connectivity index (χ1n) is 6.27. The van der Waals surface area contributed by atoms with Crippen LogP contribution < -0.4 is 5.73 Å². The molecule has 0 fully saturated rings. The number of phenols is 1. The zero-order valence-corrected chi connectivity index (χ0v) is 10.1. The van der Waals surface area contributed by atoms with Crippen molar-refractivity contribution < 1.29 is 5.11 Å². The maximum atomic E-state index is 9.50. The smallest absolute Gasteiger partial charge is 0.116 e. The lowest BCUT2D eigenvalue weighted by Gasteiger charge is -2.08. The van der Waals surface area contributed by atoms with Gasteiger partial charge in [-0.1, -0.05) is 18.2 Å². The molecule has 1 aliphatic rings. The molecule has 3 heteroatoms. The molecule has 0 bridgehead atoms. The second kappa shape index (κ2) is 4.42. The van der Waals surface area contributed by atoms with Crippen LogP contribution in [-0.4, -0.2) is 16.6 Å². The molecule has 0 amide bonds. The maximum absolute atomic E-state index is 9.50. The Balaban J connectivity index is 2.01. The van der Waals surface area contributed by atoms with Gasteiger partial charge in [0, 0.05) is 11.3 Å². The molecule has 1 aromatic carbocycles. The summed E-state index contributed by atoms with van der Waals surface area (Å²) in [5.41, 5.74) is 10.1. The molecule has 1 atom stereocenters. The van der Waals surface area contributed by atoms with Gasteiger partial charge >= 0.3 is 0 Å². The van der Waals surface area contributed by atoms with Crippen molar-refractivity contribution in [3.8, 4) is 17.0 Å². The third-order valence-corrected chi connectivity index (χ3v) is 3.61. The minimum atomic E-state index is 0.273. The van der Waals surface area contributed by atoms with Crippen molar-refractivity contribution in [3.05, 3.63) is 47.7 Å². The third-order valence-electron chi connectivity index (χ3n) is 3.61. The number of fused-ring (bicyclic) bond motifs is 1. The highest BCUT2D eigenvalue weighted by molar-refractivity contribution is 5.62. The van der Waals surface area contributed by atoms with E-state index in [0.29, 0.717) is 12.5 Å². The van der Waals surface area contributed by atoms with Gasteiger partial charge < -0.3 is 10.8 Å². The predicted molar refractivity (Wildman–Crippen MR) is 71.5 cm³/mol. The van der Waals surface area contributed by atoms with Crippen LogP contribution in [0.4, 0.5) is 0 Å². The summed E-state index contributed by atoms with van der Waals surface area (Å²) in [5, 5.41) is 9.50. The van der Waals surface area contributed by atoms with Crippen LogP contribution in [0.1, 0.15) is 23.6 Å². The van der Waals surface area contributed by atoms with Crippen LogP contribution in [0.3, 0.4) is 0 Å².